The largest absolute Gasteiger partial charge is 0.300 e. The van der Waals surface area contributed by atoms with Crippen molar-refractivity contribution in [3.8, 4) is 0 Å². The Bertz CT molecular complexity index is 174. The Hall–Kier alpha value is -0.0400. The maximum absolute atomic E-state index is 2.60. The molecule has 0 aliphatic heterocycles. The fraction of sp³-hybridized carbons (Fsp3) is 1.00. The van der Waals surface area contributed by atoms with Crippen molar-refractivity contribution < 1.29 is 0 Å². The SMILES string of the molecule is CCCN(CC(C)(C)C(C)(C)C)C(C)C. The van der Waals surface area contributed by atoms with Gasteiger partial charge in [-0.05, 0) is 37.6 Å². The molecule has 0 spiro atoms. The molecule has 0 N–H and O–H groups in total. The van der Waals surface area contributed by atoms with Crippen molar-refractivity contribution in [1.82, 2.24) is 4.90 Å². The topological polar surface area (TPSA) is 3.24 Å². The fourth-order valence-corrected chi connectivity index (χ4v) is 1.55. The van der Waals surface area contributed by atoms with Crippen molar-refractivity contribution in [3.63, 3.8) is 0 Å². The molecule has 0 aromatic carbocycles. The molecule has 0 rings (SSSR count). The van der Waals surface area contributed by atoms with E-state index in [4.69, 9.17) is 0 Å². The summed E-state index contributed by atoms with van der Waals surface area (Å²) in [6.07, 6.45) is 1.25. The molecule has 15 heavy (non-hydrogen) atoms. The highest BCUT2D eigenvalue weighted by Crippen LogP contribution is 2.38. The van der Waals surface area contributed by atoms with Crippen LogP contribution in [-0.4, -0.2) is 24.0 Å². The molecule has 1 heteroatoms. The van der Waals surface area contributed by atoms with Crippen LogP contribution in [0.25, 0.3) is 0 Å². The molecule has 0 aliphatic carbocycles. The average Bonchev–Trinajstić information content (AvgIpc) is 2.00. The summed E-state index contributed by atoms with van der Waals surface area (Å²) in [5.74, 6) is 0. The summed E-state index contributed by atoms with van der Waals surface area (Å²) in [6, 6.07) is 0.659. The monoisotopic (exact) mass is 213 g/mol. The predicted molar refractivity (Wildman–Crippen MR) is 70.2 cm³/mol. The van der Waals surface area contributed by atoms with Crippen LogP contribution >= 0.6 is 0 Å². The van der Waals surface area contributed by atoms with Crippen LogP contribution in [0.3, 0.4) is 0 Å². The van der Waals surface area contributed by atoms with Gasteiger partial charge in [-0.15, -0.1) is 0 Å². The van der Waals surface area contributed by atoms with E-state index in [1.165, 1.54) is 19.5 Å². The molecule has 0 aromatic rings. The van der Waals surface area contributed by atoms with Gasteiger partial charge in [0.2, 0.25) is 0 Å². The lowest BCUT2D eigenvalue weighted by Crippen LogP contribution is -2.44. The zero-order valence-electron chi connectivity index (χ0n) is 12.1. The molecule has 0 aliphatic rings. The Kier molecular flexibility index (Phi) is 5.32. The summed E-state index contributed by atoms with van der Waals surface area (Å²) < 4.78 is 0. The van der Waals surface area contributed by atoms with E-state index >= 15 is 0 Å². The maximum Gasteiger partial charge on any atom is 0.00404 e. The zero-order valence-corrected chi connectivity index (χ0v) is 12.1. The third-order valence-corrected chi connectivity index (χ3v) is 3.87. The summed E-state index contributed by atoms with van der Waals surface area (Å²) >= 11 is 0. The van der Waals surface area contributed by atoms with Crippen molar-refractivity contribution in [2.45, 2.75) is 67.9 Å². The van der Waals surface area contributed by atoms with Gasteiger partial charge in [0, 0.05) is 12.6 Å². The van der Waals surface area contributed by atoms with Crippen molar-refractivity contribution in [1.29, 1.82) is 0 Å². The quantitative estimate of drug-likeness (QED) is 0.662. The van der Waals surface area contributed by atoms with Gasteiger partial charge in [0.25, 0.3) is 0 Å². The molecule has 0 amide bonds. The summed E-state index contributed by atoms with van der Waals surface area (Å²) in [5.41, 5.74) is 0.736. The molecule has 0 unspecified atom stereocenters. The number of hydrogen-bond donors (Lipinski definition) is 0. The zero-order chi connectivity index (χ0) is 12.3. The number of nitrogens with zero attached hydrogens (tertiary/aromatic N) is 1. The van der Waals surface area contributed by atoms with E-state index in [-0.39, 0.29) is 0 Å². The highest BCUT2D eigenvalue weighted by molar-refractivity contribution is 4.86. The Morgan fingerprint density at radius 3 is 1.73 bits per heavy atom. The third kappa shape index (κ3) is 4.55. The van der Waals surface area contributed by atoms with Gasteiger partial charge in [0.1, 0.15) is 0 Å². The molecule has 1 nitrogen and oxygen atoms in total. The summed E-state index contributed by atoms with van der Waals surface area (Å²) in [4.78, 5) is 2.60. The lowest BCUT2D eigenvalue weighted by molar-refractivity contribution is 0.0558. The van der Waals surface area contributed by atoms with Gasteiger partial charge in [-0.25, -0.2) is 0 Å². The van der Waals surface area contributed by atoms with Crippen LogP contribution in [0.5, 0.6) is 0 Å². The maximum atomic E-state index is 2.60. The van der Waals surface area contributed by atoms with Crippen molar-refractivity contribution in [2.75, 3.05) is 13.1 Å². The van der Waals surface area contributed by atoms with Crippen LogP contribution in [0.4, 0.5) is 0 Å². The first-order valence-electron chi connectivity index (χ1n) is 6.36. The molecule has 0 saturated carbocycles. The summed E-state index contributed by atoms with van der Waals surface area (Å²) in [5, 5.41) is 0. The van der Waals surface area contributed by atoms with Crippen LogP contribution in [0, 0.1) is 10.8 Å². The molecule has 0 atom stereocenters. The first-order chi connectivity index (χ1) is 6.62. The number of rotatable bonds is 5. The highest BCUT2D eigenvalue weighted by atomic mass is 15.1. The molecule has 0 aromatic heterocycles. The van der Waals surface area contributed by atoms with Crippen LogP contribution in [-0.2, 0) is 0 Å². The first-order valence-corrected chi connectivity index (χ1v) is 6.36. The van der Waals surface area contributed by atoms with E-state index in [2.05, 4.69) is 60.3 Å². The molecule has 0 bridgehead atoms. The molecule has 92 valence electrons. The van der Waals surface area contributed by atoms with Crippen molar-refractivity contribution in [3.05, 3.63) is 0 Å². The van der Waals surface area contributed by atoms with Gasteiger partial charge in [-0.3, -0.25) is 0 Å². The minimum absolute atomic E-state index is 0.367. The van der Waals surface area contributed by atoms with Gasteiger partial charge in [0.05, 0.1) is 0 Å². The van der Waals surface area contributed by atoms with Crippen molar-refractivity contribution >= 4 is 0 Å². The van der Waals surface area contributed by atoms with E-state index < -0.39 is 0 Å². The minimum Gasteiger partial charge on any atom is -0.300 e. The highest BCUT2D eigenvalue weighted by Gasteiger charge is 2.34. The van der Waals surface area contributed by atoms with E-state index in [0.29, 0.717) is 16.9 Å². The molecule has 0 fully saturated rings. The lowest BCUT2D eigenvalue weighted by atomic mass is 9.69. The third-order valence-electron chi connectivity index (χ3n) is 3.87. The van der Waals surface area contributed by atoms with Crippen LogP contribution in [0.2, 0.25) is 0 Å². The normalized spacial score (nSPS) is 14.0. The van der Waals surface area contributed by atoms with Gasteiger partial charge >= 0.3 is 0 Å². The molecular formula is C14H31N. The van der Waals surface area contributed by atoms with Gasteiger partial charge in [0.15, 0.2) is 0 Å². The molecule has 0 saturated heterocycles. The molecule has 0 radical (unpaired) electrons. The molecule has 0 heterocycles. The van der Waals surface area contributed by atoms with Gasteiger partial charge in [-0.2, -0.15) is 0 Å². The second-order valence-electron chi connectivity index (χ2n) is 6.70. The Balaban J connectivity index is 4.52. The van der Waals surface area contributed by atoms with Crippen LogP contribution < -0.4 is 0 Å². The van der Waals surface area contributed by atoms with Crippen LogP contribution in [0.15, 0.2) is 0 Å². The standard InChI is InChI=1S/C14H31N/c1-9-10-15(12(2)3)11-14(7,8)13(4,5)6/h12H,9-11H2,1-8H3. The van der Waals surface area contributed by atoms with E-state index in [9.17, 15) is 0 Å². The van der Waals surface area contributed by atoms with Gasteiger partial charge in [-0.1, -0.05) is 41.5 Å². The van der Waals surface area contributed by atoms with Gasteiger partial charge < -0.3 is 4.90 Å². The van der Waals surface area contributed by atoms with E-state index in [1.54, 1.807) is 0 Å². The second kappa shape index (κ2) is 5.34. The predicted octanol–water partition coefficient (Wildman–Crippen LogP) is 4.18. The number of hydrogen-bond acceptors (Lipinski definition) is 1. The minimum atomic E-state index is 0.367. The summed E-state index contributed by atoms with van der Waals surface area (Å²) in [6.45, 7) is 21.1. The molecular weight excluding hydrogens is 182 g/mol. The van der Waals surface area contributed by atoms with E-state index in [0.717, 1.165) is 0 Å². The smallest absolute Gasteiger partial charge is 0.00404 e. The lowest BCUT2D eigenvalue weighted by Gasteiger charge is -2.43. The Morgan fingerprint density at radius 2 is 1.47 bits per heavy atom. The fourth-order valence-electron chi connectivity index (χ4n) is 1.55. The Morgan fingerprint density at radius 1 is 1.00 bits per heavy atom. The Labute approximate surface area is 97.2 Å². The average molecular weight is 213 g/mol. The summed E-state index contributed by atoms with van der Waals surface area (Å²) in [7, 11) is 0. The van der Waals surface area contributed by atoms with Crippen LogP contribution in [0.1, 0.15) is 61.8 Å². The van der Waals surface area contributed by atoms with Crippen molar-refractivity contribution in [2.24, 2.45) is 10.8 Å². The second-order valence-corrected chi connectivity index (χ2v) is 6.70. The van der Waals surface area contributed by atoms with E-state index in [1.807, 2.05) is 0 Å². The first kappa shape index (κ1) is 15.0.